The van der Waals surface area contributed by atoms with Gasteiger partial charge in [-0.3, -0.25) is 9.78 Å². The highest BCUT2D eigenvalue weighted by molar-refractivity contribution is 5.96. The van der Waals surface area contributed by atoms with Crippen molar-refractivity contribution in [3.63, 3.8) is 0 Å². The van der Waals surface area contributed by atoms with Gasteiger partial charge in [0.15, 0.2) is 5.69 Å². The highest BCUT2D eigenvalue weighted by Crippen LogP contribution is 2.37. The molecule has 6 nitrogen and oxygen atoms in total. The lowest BCUT2D eigenvalue weighted by Gasteiger charge is -2.19. The molecule has 0 spiro atoms. The van der Waals surface area contributed by atoms with Crippen LogP contribution >= 0.6 is 0 Å². The monoisotopic (exact) mass is 336 g/mol. The number of carbonyl (C=O) groups is 1. The number of H-pyrrole nitrogens is 1. The molecule has 0 fully saturated rings. The van der Waals surface area contributed by atoms with Gasteiger partial charge in [-0.15, -0.1) is 0 Å². The highest BCUT2D eigenvalue weighted by atomic mass is 16.5. The molecule has 1 N–H and O–H groups in total. The van der Waals surface area contributed by atoms with Crippen LogP contribution in [0.5, 0.6) is 0 Å². The van der Waals surface area contributed by atoms with Crippen LogP contribution in [-0.2, 0) is 17.6 Å². The molecule has 2 heterocycles. The summed E-state index contributed by atoms with van der Waals surface area (Å²) in [5, 5.41) is 11.8. The van der Waals surface area contributed by atoms with Crippen molar-refractivity contribution < 1.29 is 9.53 Å². The molecule has 6 heteroatoms. The van der Waals surface area contributed by atoms with Crippen LogP contribution in [0, 0.1) is 0 Å². The molecule has 4 rings (SSSR count). The predicted octanol–water partition coefficient (Wildman–Crippen LogP) is 3.16. The van der Waals surface area contributed by atoms with Crippen LogP contribution < -0.4 is 0 Å². The van der Waals surface area contributed by atoms with Gasteiger partial charge >= 0.3 is 5.97 Å². The van der Waals surface area contributed by atoms with E-state index in [2.05, 4.69) is 34.4 Å². The summed E-state index contributed by atoms with van der Waals surface area (Å²) < 4.78 is 7.19. The van der Waals surface area contributed by atoms with Crippen LogP contribution in [0.25, 0.3) is 11.3 Å². The Kier molecular flexibility index (Phi) is 3.87. The van der Waals surface area contributed by atoms with E-state index in [1.54, 1.807) is 6.92 Å². The van der Waals surface area contributed by atoms with Gasteiger partial charge < -0.3 is 4.74 Å². The summed E-state index contributed by atoms with van der Waals surface area (Å²) in [5.41, 5.74) is 5.40. The van der Waals surface area contributed by atoms with Crippen molar-refractivity contribution in [3.05, 3.63) is 59.0 Å². The number of hydrogen-bond acceptors (Lipinski definition) is 4. The molecule has 3 aromatic rings. The minimum atomic E-state index is -0.389. The van der Waals surface area contributed by atoms with Crippen LogP contribution in [0.2, 0.25) is 0 Å². The van der Waals surface area contributed by atoms with E-state index in [-0.39, 0.29) is 12.0 Å². The average molecular weight is 336 g/mol. The second-order valence-corrected chi connectivity index (χ2v) is 6.19. The molecular weight excluding hydrogens is 316 g/mol. The number of aromatic amines is 1. The van der Waals surface area contributed by atoms with Gasteiger partial charge in [0.05, 0.1) is 30.1 Å². The Bertz CT molecular complexity index is 911. The summed E-state index contributed by atoms with van der Waals surface area (Å²) >= 11 is 0. The molecule has 2 aromatic heterocycles. The normalized spacial score (nSPS) is 13.8. The number of benzene rings is 1. The molecule has 0 radical (unpaired) electrons. The molecule has 0 amide bonds. The Hall–Kier alpha value is -2.89. The lowest BCUT2D eigenvalue weighted by Crippen LogP contribution is -2.14. The second kappa shape index (κ2) is 6.20. The molecule has 0 saturated heterocycles. The number of esters is 1. The van der Waals surface area contributed by atoms with Crippen molar-refractivity contribution in [2.75, 3.05) is 6.61 Å². The maximum absolute atomic E-state index is 12.5. The first-order valence-corrected chi connectivity index (χ1v) is 8.56. The first-order chi connectivity index (χ1) is 12.2. The largest absolute Gasteiger partial charge is 0.461 e. The number of nitrogens with zero attached hydrogens (tertiary/aromatic N) is 3. The van der Waals surface area contributed by atoms with Crippen LogP contribution in [0.4, 0.5) is 0 Å². The summed E-state index contributed by atoms with van der Waals surface area (Å²) in [6.45, 7) is 4.22. The summed E-state index contributed by atoms with van der Waals surface area (Å²) in [6.07, 6.45) is 3.53. The lowest BCUT2D eigenvalue weighted by atomic mass is 9.93. The molecule has 1 aliphatic carbocycles. The fourth-order valence-corrected chi connectivity index (χ4v) is 3.48. The minimum absolute atomic E-state index is 0.0302. The summed E-state index contributed by atoms with van der Waals surface area (Å²) in [7, 11) is 0. The second-order valence-electron chi connectivity index (χ2n) is 6.19. The zero-order valence-electron chi connectivity index (χ0n) is 14.3. The standard InChI is InChI=1S/C19H20N4O2/c1-3-25-19(24)18-16-15(10-9-14-11-20-21-17(14)16)23(22-18)12(2)13-7-5-4-6-8-13/h4-8,11-12H,3,9-10H2,1-2H3,(H,20,21). The van der Waals surface area contributed by atoms with E-state index in [0.717, 1.165) is 40.9 Å². The average Bonchev–Trinajstić information content (AvgIpc) is 3.26. The van der Waals surface area contributed by atoms with E-state index in [4.69, 9.17) is 4.74 Å². The molecular formula is C19H20N4O2. The summed E-state index contributed by atoms with van der Waals surface area (Å²) in [5.74, 6) is -0.389. The van der Waals surface area contributed by atoms with Crippen molar-refractivity contribution in [1.29, 1.82) is 0 Å². The van der Waals surface area contributed by atoms with Gasteiger partial charge in [0.2, 0.25) is 0 Å². The van der Waals surface area contributed by atoms with E-state index < -0.39 is 0 Å². The van der Waals surface area contributed by atoms with Gasteiger partial charge in [-0.25, -0.2) is 4.79 Å². The maximum Gasteiger partial charge on any atom is 0.359 e. The van der Waals surface area contributed by atoms with Crippen LogP contribution in [0.1, 0.15) is 47.2 Å². The van der Waals surface area contributed by atoms with E-state index in [1.807, 2.05) is 29.1 Å². The Labute approximate surface area is 145 Å². The van der Waals surface area contributed by atoms with Gasteiger partial charge in [-0.2, -0.15) is 10.2 Å². The Morgan fingerprint density at radius 2 is 2.12 bits per heavy atom. The number of carbonyl (C=O) groups excluding carboxylic acids is 1. The van der Waals surface area contributed by atoms with Crippen LogP contribution in [0.3, 0.4) is 0 Å². The van der Waals surface area contributed by atoms with Crippen molar-refractivity contribution in [1.82, 2.24) is 20.0 Å². The quantitative estimate of drug-likeness (QED) is 0.743. The van der Waals surface area contributed by atoms with Crippen LogP contribution in [0.15, 0.2) is 36.5 Å². The summed E-state index contributed by atoms with van der Waals surface area (Å²) in [6, 6.07) is 10.2. The number of aromatic nitrogens is 4. The predicted molar refractivity (Wildman–Crippen MR) is 93.4 cm³/mol. The Balaban J connectivity index is 1.87. The van der Waals surface area contributed by atoms with E-state index in [0.29, 0.717) is 12.3 Å². The number of rotatable bonds is 4. The van der Waals surface area contributed by atoms with Gasteiger partial charge in [-0.1, -0.05) is 30.3 Å². The SMILES string of the molecule is CCOC(=O)c1nn(C(C)c2ccccc2)c2c1-c1[nH]ncc1CC2. The Morgan fingerprint density at radius 3 is 2.88 bits per heavy atom. The number of fused-ring (bicyclic) bond motifs is 3. The number of ether oxygens (including phenoxy) is 1. The van der Waals surface area contributed by atoms with Gasteiger partial charge in [0.25, 0.3) is 0 Å². The smallest absolute Gasteiger partial charge is 0.359 e. The molecule has 1 aliphatic rings. The van der Waals surface area contributed by atoms with E-state index in [9.17, 15) is 4.79 Å². The first-order valence-electron chi connectivity index (χ1n) is 8.56. The van der Waals surface area contributed by atoms with Crippen molar-refractivity contribution in [2.45, 2.75) is 32.7 Å². The van der Waals surface area contributed by atoms with E-state index in [1.165, 1.54) is 0 Å². The van der Waals surface area contributed by atoms with Crippen LogP contribution in [-0.4, -0.2) is 32.6 Å². The molecule has 1 aromatic carbocycles. The zero-order valence-corrected chi connectivity index (χ0v) is 14.3. The Morgan fingerprint density at radius 1 is 1.32 bits per heavy atom. The van der Waals surface area contributed by atoms with Gasteiger partial charge in [0, 0.05) is 5.69 Å². The molecule has 128 valence electrons. The summed E-state index contributed by atoms with van der Waals surface area (Å²) in [4.78, 5) is 12.5. The topological polar surface area (TPSA) is 72.8 Å². The van der Waals surface area contributed by atoms with Gasteiger partial charge in [-0.05, 0) is 37.8 Å². The molecule has 1 atom stereocenters. The maximum atomic E-state index is 12.5. The third kappa shape index (κ3) is 2.54. The molecule has 0 bridgehead atoms. The van der Waals surface area contributed by atoms with Gasteiger partial charge in [0.1, 0.15) is 0 Å². The number of nitrogens with one attached hydrogen (secondary N) is 1. The lowest BCUT2D eigenvalue weighted by molar-refractivity contribution is 0.0519. The van der Waals surface area contributed by atoms with Crippen molar-refractivity contribution in [2.24, 2.45) is 0 Å². The fraction of sp³-hybridized carbons (Fsp3) is 0.316. The fourth-order valence-electron chi connectivity index (χ4n) is 3.48. The minimum Gasteiger partial charge on any atom is -0.461 e. The first kappa shape index (κ1) is 15.6. The third-order valence-corrected chi connectivity index (χ3v) is 4.73. The van der Waals surface area contributed by atoms with Crippen molar-refractivity contribution >= 4 is 5.97 Å². The van der Waals surface area contributed by atoms with Crippen molar-refractivity contribution in [3.8, 4) is 11.3 Å². The molecule has 1 unspecified atom stereocenters. The molecule has 0 saturated carbocycles. The van der Waals surface area contributed by atoms with E-state index >= 15 is 0 Å². The zero-order chi connectivity index (χ0) is 17.4. The molecule has 25 heavy (non-hydrogen) atoms. The number of hydrogen-bond donors (Lipinski definition) is 1. The number of aryl methyl sites for hydroxylation is 1. The molecule has 0 aliphatic heterocycles. The highest BCUT2D eigenvalue weighted by Gasteiger charge is 2.32. The third-order valence-electron chi connectivity index (χ3n) is 4.73.